The molecule has 1 aromatic carbocycles. The molecule has 0 unspecified atom stereocenters. The molecule has 0 radical (unpaired) electrons. The lowest BCUT2D eigenvalue weighted by Crippen LogP contribution is -2.24. The maximum atomic E-state index is 13.0. The normalized spacial score (nSPS) is 13.3. The smallest absolute Gasteiger partial charge is 0.251 e. The molecule has 2 aromatic rings. The molecule has 1 amide bonds. The van der Waals surface area contributed by atoms with Crippen LogP contribution in [-0.2, 0) is 19.5 Å². The summed E-state index contributed by atoms with van der Waals surface area (Å²) < 4.78 is 15.0. The molecule has 1 N–H and O–H groups in total. The van der Waals surface area contributed by atoms with Crippen molar-refractivity contribution >= 4 is 5.91 Å². The van der Waals surface area contributed by atoms with Crippen LogP contribution in [-0.4, -0.2) is 20.7 Å². The molecule has 1 aromatic heterocycles. The van der Waals surface area contributed by atoms with Crippen LogP contribution < -0.4 is 5.32 Å². The standard InChI is InChI=1S/C13H13FN4O/c14-10-4-1-3-9(7-10)13(19)15-8-12-17-16-11-5-2-6-18(11)12/h1,3-4,7H,2,5-6,8H2,(H,15,19). The van der Waals surface area contributed by atoms with Crippen molar-refractivity contribution in [3.63, 3.8) is 0 Å². The molecule has 2 heterocycles. The molecule has 6 heteroatoms. The summed E-state index contributed by atoms with van der Waals surface area (Å²) in [6, 6.07) is 5.61. The minimum Gasteiger partial charge on any atom is -0.345 e. The minimum atomic E-state index is -0.420. The molecule has 19 heavy (non-hydrogen) atoms. The molecule has 1 aliphatic rings. The monoisotopic (exact) mass is 260 g/mol. The minimum absolute atomic E-state index is 0.307. The topological polar surface area (TPSA) is 59.8 Å². The molecule has 0 aliphatic carbocycles. The van der Waals surface area contributed by atoms with Gasteiger partial charge in [-0.3, -0.25) is 4.79 Å². The van der Waals surface area contributed by atoms with Crippen LogP contribution in [0.3, 0.4) is 0 Å². The Morgan fingerprint density at radius 1 is 1.42 bits per heavy atom. The van der Waals surface area contributed by atoms with Gasteiger partial charge in [0.1, 0.15) is 11.6 Å². The number of hydrogen-bond acceptors (Lipinski definition) is 3. The predicted molar refractivity (Wildman–Crippen MR) is 65.9 cm³/mol. The fourth-order valence-electron chi connectivity index (χ4n) is 2.23. The molecule has 0 saturated heterocycles. The maximum absolute atomic E-state index is 13.0. The first kappa shape index (κ1) is 11.8. The summed E-state index contributed by atoms with van der Waals surface area (Å²) in [5.74, 6) is 0.984. The quantitative estimate of drug-likeness (QED) is 0.904. The van der Waals surface area contributed by atoms with Gasteiger partial charge in [0, 0.05) is 18.5 Å². The van der Waals surface area contributed by atoms with Crippen LogP contribution >= 0.6 is 0 Å². The summed E-state index contributed by atoms with van der Waals surface area (Å²) in [6.45, 7) is 1.20. The third kappa shape index (κ3) is 2.33. The molecule has 0 spiro atoms. The largest absolute Gasteiger partial charge is 0.345 e. The number of aryl methyl sites for hydroxylation is 1. The number of rotatable bonds is 3. The molecule has 98 valence electrons. The number of nitrogens with one attached hydrogen (secondary N) is 1. The lowest BCUT2D eigenvalue weighted by Gasteiger charge is -2.05. The van der Waals surface area contributed by atoms with E-state index >= 15 is 0 Å². The molecule has 5 nitrogen and oxygen atoms in total. The summed E-state index contributed by atoms with van der Waals surface area (Å²) in [5.41, 5.74) is 0.307. The van der Waals surface area contributed by atoms with E-state index in [2.05, 4.69) is 15.5 Å². The first-order valence-electron chi connectivity index (χ1n) is 6.19. The summed E-state index contributed by atoms with van der Waals surface area (Å²) in [5, 5.41) is 10.8. The second kappa shape index (κ2) is 4.79. The molecule has 0 fully saturated rings. The highest BCUT2D eigenvalue weighted by Crippen LogP contribution is 2.13. The predicted octanol–water partition coefficient (Wildman–Crippen LogP) is 1.29. The number of carbonyl (C=O) groups is 1. The molecule has 0 bridgehead atoms. The number of carbonyl (C=O) groups excluding carboxylic acids is 1. The summed E-state index contributed by atoms with van der Waals surface area (Å²) in [6.07, 6.45) is 2.00. The van der Waals surface area contributed by atoms with Crippen molar-refractivity contribution < 1.29 is 9.18 Å². The van der Waals surface area contributed by atoms with Gasteiger partial charge in [0.2, 0.25) is 0 Å². The SMILES string of the molecule is O=C(NCc1nnc2n1CCC2)c1cccc(F)c1. The second-order valence-electron chi connectivity index (χ2n) is 4.48. The van der Waals surface area contributed by atoms with Crippen molar-refractivity contribution in [1.29, 1.82) is 0 Å². The summed E-state index contributed by atoms with van der Waals surface area (Å²) >= 11 is 0. The first-order chi connectivity index (χ1) is 9.24. The van der Waals surface area contributed by atoms with Gasteiger partial charge in [-0.2, -0.15) is 0 Å². The fourth-order valence-corrected chi connectivity index (χ4v) is 2.23. The van der Waals surface area contributed by atoms with Crippen LogP contribution in [0.5, 0.6) is 0 Å². The Hall–Kier alpha value is -2.24. The zero-order chi connectivity index (χ0) is 13.2. The lowest BCUT2D eigenvalue weighted by atomic mass is 10.2. The van der Waals surface area contributed by atoms with E-state index in [0.29, 0.717) is 12.1 Å². The van der Waals surface area contributed by atoms with Crippen molar-refractivity contribution in [1.82, 2.24) is 20.1 Å². The van der Waals surface area contributed by atoms with E-state index in [4.69, 9.17) is 0 Å². The van der Waals surface area contributed by atoms with Crippen molar-refractivity contribution in [2.45, 2.75) is 25.9 Å². The number of amides is 1. The zero-order valence-electron chi connectivity index (χ0n) is 10.3. The first-order valence-corrected chi connectivity index (χ1v) is 6.19. The van der Waals surface area contributed by atoms with Crippen molar-refractivity contribution in [2.75, 3.05) is 0 Å². The van der Waals surface area contributed by atoms with Crippen LogP contribution in [0.15, 0.2) is 24.3 Å². The highest BCUT2D eigenvalue weighted by atomic mass is 19.1. The van der Waals surface area contributed by atoms with Crippen LogP contribution in [0.25, 0.3) is 0 Å². The van der Waals surface area contributed by atoms with Crippen molar-refractivity contribution in [3.05, 3.63) is 47.3 Å². The Balaban J connectivity index is 1.67. The average molecular weight is 260 g/mol. The fraction of sp³-hybridized carbons (Fsp3) is 0.308. The number of fused-ring (bicyclic) bond motifs is 1. The Kier molecular flexibility index (Phi) is 2.98. The summed E-state index contributed by atoms with van der Waals surface area (Å²) in [4.78, 5) is 11.9. The van der Waals surface area contributed by atoms with Gasteiger partial charge in [0.25, 0.3) is 5.91 Å². The van der Waals surface area contributed by atoms with E-state index in [1.165, 1.54) is 18.2 Å². The van der Waals surface area contributed by atoms with E-state index in [9.17, 15) is 9.18 Å². The van der Waals surface area contributed by atoms with Gasteiger partial charge in [-0.05, 0) is 24.6 Å². The van der Waals surface area contributed by atoms with E-state index in [1.54, 1.807) is 6.07 Å². The van der Waals surface area contributed by atoms with Gasteiger partial charge >= 0.3 is 0 Å². The van der Waals surface area contributed by atoms with Crippen LogP contribution in [0.1, 0.15) is 28.4 Å². The van der Waals surface area contributed by atoms with E-state index in [-0.39, 0.29) is 5.91 Å². The van der Waals surface area contributed by atoms with Gasteiger partial charge in [0.05, 0.1) is 6.54 Å². The van der Waals surface area contributed by atoms with Gasteiger partial charge in [-0.15, -0.1) is 10.2 Å². The van der Waals surface area contributed by atoms with Gasteiger partial charge < -0.3 is 9.88 Å². The van der Waals surface area contributed by atoms with Gasteiger partial charge in [0.15, 0.2) is 5.82 Å². The number of nitrogens with zero attached hydrogens (tertiary/aromatic N) is 3. The molecule has 0 saturated carbocycles. The van der Waals surface area contributed by atoms with Crippen LogP contribution in [0, 0.1) is 5.82 Å². The average Bonchev–Trinajstić information content (AvgIpc) is 2.99. The third-order valence-corrected chi connectivity index (χ3v) is 3.18. The Morgan fingerprint density at radius 2 is 2.32 bits per heavy atom. The van der Waals surface area contributed by atoms with E-state index in [1.807, 2.05) is 4.57 Å². The summed E-state index contributed by atoms with van der Waals surface area (Å²) in [7, 11) is 0. The van der Waals surface area contributed by atoms with Gasteiger partial charge in [-0.25, -0.2) is 4.39 Å². The van der Waals surface area contributed by atoms with Crippen molar-refractivity contribution in [3.8, 4) is 0 Å². The highest BCUT2D eigenvalue weighted by molar-refractivity contribution is 5.94. The lowest BCUT2D eigenvalue weighted by molar-refractivity contribution is 0.0949. The number of halogens is 1. The van der Waals surface area contributed by atoms with E-state index < -0.39 is 5.82 Å². The maximum Gasteiger partial charge on any atom is 0.251 e. The van der Waals surface area contributed by atoms with Gasteiger partial charge in [-0.1, -0.05) is 6.07 Å². The Morgan fingerprint density at radius 3 is 3.16 bits per heavy atom. The number of benzene rings is 1. The Labute approximate surface area is 109 Å². The molecule has 3 rings (SSSR count). The molecule has 1 aliphatic heterocycles. The van der Waals surface area contributed by atoms with Crippen LogP contribution in [0.4, 0.5) is 4.39 Å². The Bertz CT molecular complexity index is 623. The number of aromatic nitrogens is 3. The molecular weight excluding hydrogens is 247 g/mol. The zero-order valence-corrected chi connectivity index (χ0v) is 10.3. The highest BCUT2D eigenvalue weighted by Gasteiger charge is 2.17. The van der Waals surface area contributed by atoms with Crippen LogP contribution in [0.2, 0.25) is 0 Å². The second-order valence-corrected chi connectivity index (χ2v) is 4.48. The third-order valence-electron chi connectivity index (χ3n) is 3.18. The number of hydrogen-bond donors (Lipinski definition) is 1. The molecular formula is C13H13FN4O. The molecule has 0 atom stereocenters. The van der Waals surface area contributed by atoms with Crippen molar-refractivity contribution in [2.24, 2.45) is 0 Å². The van der Waals surface area contributed by atoms with E-state index in [0.717, 1.165) is 31.0 Å².